The molecule has 0 radical (unpaired) electrons. The van der Waals surface area contributed by atoms with Crippen molar-refractivity contribution in [2.45, 2.75) is 38.5 Å². The first-order chi connectivity index (χ1) is 8.65. The van der Waals surface area contributed by atoms with Crippen molar-refractivity contribution in [2.24, 2.45) is 5.92 Å². The maximum absolute atomic E-state index is 6.84. The van der Waals surface area contributed by atoms with Crippen LogP contribution in [0, 0.1) is 5.92 Å². The summed E-state index contributed by atoms with van der Waals surface area (Å²) >= 11 is 0. The highest BCUT2D eigenvalue weighted by atomic mass is 28.4. The highest BCUT2D eigenvalue weighted by Gasteiger charge is 2.30. The van der Waals surface area contributed by atoms with E-state index in [2.05, 4.69) is 14.4 Å². The molecule has 0 bridgehead atoms. The third-order valence-electron chi connectivity index (χ3n) is 2.30. The predicted octanol–water partition coefficient (Wildman–Crippen LogP) is 0.0815. The summed E-state index contributed by atoms with van der Waals surface area (Å²) in [6.07, 6.45) is 2.87. The summed E-state index contributed by atoms with van der Waals surface area (Å²) in [6.45, 7) is 2.98. The Kier molecular flexibility index (Phi) is 3.59. The zero-order valence-electron chi connectivity index (χ0n) is 11.9. The lowest BCUT2D eigenvalue weighted by atomic mass is 10.2. The van der Waals surface area contributed by atoms with Crippen molar-refractivity contribution in [3.63, 3.8) is 0 Å². The van der Waals surface area contributed by atoms with Crippen molar-refractivity contribution >= 4 is 8.80 Å². The monoisotopic (exact) mass is 242 g/mol. The molecule has 0 spiro atoms. The Morgan fingerprint density at radius 2 is 2.33 bits per heavy atom. The maximum Gasteiger partial charge on any atom is 0.493 e. The lowest BCUT2D eigenvalue weighted by Crippen LogP contribution is -2.37. The molecule has 0 saturated carbocycles. The molecule has 3 N–H and O–H groups in total. The van der Waals surface area contributed by atoms with E-state index in [1.165, 1.54) is 0 Å². The summed E-state index contributed by atoms with van der Waals surface area (Å²) in [4.78, 5) is 12.8. The molecule has 0 aromatic heterocycles. The first kappa shape index (κ1) is 9.09. The van der Waals surface area contributed by atoms with Gasteiger partial charge in [-0.25, -0.2) is 0 Å². The zero-order valence-corrected chi connectivity index (χ0v) is 9.94. The van der Waals surface area contributed by atoms with Crippen LogP contribution in [0.2, 0.25) is 6.04 Å². The van der Waals surface area contributed by atoms with Gasteiger partial charge in [0.25, 0.3) is 0 Å². The second-order valence-corrected chi connectivity index (χ2v) is 5.90. The molecule has 1 heterocycles. The fourth-order valence-corrected chi connectivity index (χ4v) is 2.57. The number of rotatable bonds is 8. The first-order valence-corrected chi connectivity index (χ1v) is 7.25. The third-order valence-corrected chi connectivity index (χ3v) is 3.50. The first-order valence-electron chi connectivity index (χ1n) is 6.54. The second kappa shape index (κ2) is 5.93. The quantitative estimate of drug-likeness (QED) is 0.525. The Morgan fingerprint density at radius 1 is 1.53 bits per heavy atom. The van der Waals surface area contributed by atoms with Gasteiger partial charge in [-0.3, -0.25) is 0 Å². The minimum atomic E-state index is -3.49. The van der Waals surface area contributed by atoms with Gasteiger partial charge in [-0.05, 0) is 25.2 Å². The van der Waals surface area contributed by atoms with E-state index in [9.17, 15) is 0 Å². The van der Waals surface area contributed by atoms with Gasteiger partial charge in [0.2, 0.25) is 0 Å². The SMILES string of the molecule is [3H]O[Si](CC(C)COC1CCCCO1)(O[3H])O[3H]. The molecule has 6 heteroatoms. The van der Waals surface area contributed by atoms with Crippen LogP contribution in [-0.4, -0.2) is 47.0 Å². The minimum Gasteiger partial charge on any atom is -0.390 e. The highest BCUT2D eigenvalue weighted by Crippen LogP contribution is 2.16. The average Bonchev–Trinajstić information content (AvgIpc) is 2.44. The zero-order chi connectivity index (χ0) is 13.4. The van der Waals surface area contributed by atoms with Crippen molar-refractivity contribution < 1.29 is 23.9 Å². The Hall–Kier alpha value is 0.0169. The lowest BCUT2D eigenvalue weighted by Gasteiger charge is -2.24. The van der Waals surface area contributed by atoms with Crippen LogP contribution in [0.15, 0.2) is 0 Å². The summed E-state index contributed by atoms with van der Waals surface area (Å²) in [7, 11) is -3.49. The van der Waals surface area contributed by atoms with Crippen LogP contribution in [0.1, 0.15) is 26.2 Å². The summed E-state index contributed by atoms with van der Waals surface area (Å²) in [6, 6.07) is 0.191. The predicted molar refractivity (Wildman–Crippen MR) is 55.9 cm³/mol. The Balaban J connectivity index is 2.28. The summed E-state index contributed by atoms with van der Waals surface area (Å²) < 4.78 is 31.5. The lowest BCUT2D eigenvalue weighted by molar-refractivity contribution is -0.167. The average molecular weight is 242 g/mol. The van der Waals surface area contributed by atoms with Gasteiger partial charge < -0.3 is 23.9 Å². The van der Waals surface area contributed by atoms with Crippen LogP contribution in [0.25, 0.3) is 0 Å². The van der Waals surface area contributed by atoms with Crippen molar-refractivity contribution in [2.75, 3.05) is 13.2 Å². The van der Waals surface area contributed by atoms with E-state index >= 15 is 0 Å². The van der Waals surface area contributed by atoms with Gasteiger partial charge in [-0.15, -0.1) is 0 Å². The van der Waals surface area contributed by atoms with Crippen LogP contribution in [0.3, 0.4) is 0 Å². The van der Waals surface area contributed by atoms with Crippen molar-refractivity contribution in [3.05, 3.63) is 0 Å². The molecular formula is C9H20O5Si. The summed E-state index contributed by atoms with van der Waals surface area (Å²) in [5, 5.41) is 0. The van der Waals surface area contributed by atoms with Gasteiger partial charge in [-0.2, -0.15) is 0 Å². The van der Waals surface area contributed by atoms with Crippen LogP contribution in [-0.2, 0) is 9.47 Å². The molecule has 1 aliphatic rings. The van der Waals surface area contributed by atoms with Crippen LogP contribution >= 0.6 is 0 Å². The smallest absolute Gasteiger partial charge is 0.390 e. The topological polar surface area (TPSA) is 79.2 Å². The molecule has 1 aliphatic heterocycles. The minimum absolute atomic E-state index is 0.0387. The molecule has 2 atom stereocenters. The van der Waals surface area contributed by atoms with Gasteiger partial charge in [0.05, 0.1) is 6.61 Å². The Labute approximate surface area is 95.5 Å². The molecule has 1 fully saturated rings. The third kappa shape index (κ3) is 6.24. The molecule has 1 rings (SSSR count). The van der Waals surface area contributed by atoms with Crippen molar-refractivity contribution in [1.29, 1.82) is 4.29 Å². The molecule has 5 nitrogen and oxygen atoms in total. The standard InChI is InChI=1S/C9H20O5Si/c1-8(7-15(10,11)12)6-14-9-4-2-3-5-13-9/h8-12H,2-7H2,1H3/i10T,11T,12T. The molecular weight excluding hydrogens is 216 g/mol. The summed E-state index contributed by atoms with van der Waals surface area (Å²) in [5.41, 5.74) is 0. The van der Waals surface area contributed by atoms with Crippen LogP contribution < -0.4 is 0 Å². The molecule has 0 aromatic carbocycles. The maximum atomic E-state index is 6.84. The molecule has 90 valence electrons. The number of hydrogen-bond donors (Lipinski definition) is 3. The molecule has 2 unspecified atom stereocenters. The second-order valence-electron chi connectivity index (χ2n) is 4.12. The Bertz CT molecular complexity index is 218. The molecule has 15 heavy (non-hydrogen) atoms. The fraction of sp³-hybridized carbons (Fsp3) is 1.00. The van der Waals surface area contributed by atoms with E-state index in [4.69, 9.17) is 13.8 Å². The van der Waals surface area contributed by atoms with Crippen LogP contribution in [0.5, 0.6) is 0 Å². The molecule has 1 saturated heterocycles. The molecule has 0 aromatic rings. The van der Waals surface area contributed by atoms with Gasteiger partial charge >= 0.3 is 8.80 Å². The number of hydrogen-bond acceptors (Lipinski definition) is 5. The highest BCUT2D eigenvalue weighted by molar-refractivity contribution is 6.56. The van der Waals surface area contributed by atoms with E-state index in [1.807, 2.05) is 6.92 Å². The molecule has 0 aliphatic carbocycles. The number of ether oxygens (including phenoxy) is 2. The van der Waals surface area contributed by atoms with E-state index in [-0.39, 0.29) is 18.3 Å². The van der Waals surface area contributed by atoms with E-state index in [1.54, 1.807) is 0 Å². The largest absolute Gasteiger partial charge is 0.493 e. The van der Waals surface area contributed by atoms with Crippen LogP contribution in [0.4, 0.5) is 0 Å². The fourth-order valence-electron chi connectivity index (χ4n) is 1.60. The van der Waals surface area contributed by atoms with E-state index in [0.29, 0.717) is 6.61 Å². The van der Waals surface area contributed by atoms with Gasteiger partial charge in [0, 0.05) is 12.7 Å². The van der Waals surface area contributed by atoms with Crippen molar-refractivity contribution in [3.8, 4) is 0 Å². The summed E-state index contributed by atoms with van der Waals surface area (Å²) in [5.74, 6) is -0.0387. The van der Waals surface area contributed by atoms with E-state index in [0.717, 1.165) is 25.9 Å². The molecule has 0 amide bonds. The van der Waals surface area contributed by atoms with E-state index < -0.39 is 8.80 Å². The van der Waals surface area contributed by atoms with Gasteiger partial charge in [-0.1, -0.05) is 6.92 Å². The normalized spacial score (nSPS) is 27.8. The Morgan fingerprint density at radius 3 is 2.93 bits per heavy atom. The van der Waals surface area contributed by atoms with Crippen molar-refractivity contribution in [1.82, 2.24) is 0 Å². The van der Waals surface area contributed by atoms with Gasteiger partial charge in [0.15, 0.2) is 10.6 Å². The van der Waals surface area contributed by atoms with Gasteiger partial charge in [0.1, 0.15) is 0 Å².